The summed E-state index contributed by atoms with van der Waals surface area (Å²) >= 11 is 0. The highest BCUT2D eigenvalue weighted by atomic mass is 16.5. The van der Waals surface area contributed by atoms with Crippen molar-refractivity contribution in [3.8, 4) is 11.5 Å². The van der Waals surface area contributed by atoms with Crippen molar-refractivity contribution in [2.75, 3.05) is 19.5 Å². The summed E-state index contributed by atoms with van der Waals surface area (Å²) in [6, 6.07) is 19.0. The lowest BCUT2D eigenvalue weighted by molar-refractivity contribution is -0.127. The molecule has 0 radical (unpaired) electrons. The van der Waals surface area contributed by atoms with E-state index < -0.39 is 6.10 Å². The van der Waals surface area contributed by atoms with Gasteiger partial charge < -0.3 is 23.9 Å². The summed E-state index contributed by atoms with van der Waals surface area (Å²) in [5, 5.41) is 4.81. The molecule has 0 saturated carbocycles. The van der Waals surface area contributed by atoms with E-state index in [1.807, 2.05) is 54.6 Å². The molecule has 154 valence electrons. The van der Waals surface area contributed by atoms with Crippen LogP contribution in [0.3, 0.4) is 0 Å². The van der Waals surface area contributed by atoms with Crippen molar-refractivity contribution in [1.82, 2.24) is 0 Å². The largest absolute Gasteiger partial charge is 0.497 e. The van der Waals surface area contributed by atoms with E-state index in [4.69, 9.17) is 18.6 Å². The maximum absolute atomic E-state index is 12.7. The minimum Gasteiger partial charge on any atom is -0.497 e. The Balaban J connectivity index is 1.50. The van der Waals surface area contributed by atoms with Crippen LogP contribution in [0.2, 0.25) is 0 Å². The maximum Gasteiger partial charge on any atom is 0.253 e. The molecule has 3 aromatic carbocycles. The van der Waals surface area contributed by atoms with Crippen LogP contribution >= 0.6 is 0 Å². The quantitative estimate of drug-likeness (QED) is 0.461. The van der Waals surface area contributed by atoms with Crippen LogP contribution in [0.1, 0.15) is 12.5 Å². The van der Waals surface area contributed by atoms with Crippen LogP contribution in [0.25, 0.3) is 21.9 Å². The zero-order valence-electron chi connectivity index (χ0n) is 17.1. The van der Waals surface area contributed by atoms with E-state index in [0.29, 0.717) is 23.6 Å². The van der Waals surface area contributed by atoms with E-state index in [2.05, 4.69) is 5.32 Å². The van der Waals surface area contributed by atoms with Gasteiger partial charge in [-0.2, -0.15) is 0 Å². The second-order valence-electron chi connectivity index (χ2n) is 6.94. The van der Waals surface area contributed by atoms with Gasteiger partial charge in [0.05, 0.1) is 26.5 Å². The van der Waals surface area contributed by atoms with Crippen molar-refractivity contribution in [2.24, 2.45) is 0 Å². The van der Waals surface area contributed by atoms with Crippen LogP contribution in [-0.2, 0) is 16.1 Å². The number of carbonyl (C=O) groups is 1. The summed E-state index contributed by atoms with van der Waals surface area (Å²) in [6.45, 7) is 2.01. The van der Waals surface area contributed by atoms with Gasteiger partial charge in [0.25, 0.3) is 5.91 Å². The third-order valence-electron chi connectivity index (χ3n) is 4.96. The summed E-state index contributed by atoms with van der Waals surface area (Å²) in [5.41, 5.74) is 2.92. The number of fused-ring (bicyclic) bond motifs is 3. The Labute approximate surface area is 174 Å². The van der Waals surface area contributed by atoms with Gasteiger partial charge in [-0.05, 0) is 36.8 Å². The van der Waals surface area contributed by atoms with Crippen molar-refractivity contribution in [3.05, 3.63) is 66.2 Å². The minimum atomic E-state index is -0.660. The highest BCUT2D eigenvalue weighted by Crippen LogP contribution is 2.36. The standard InChI is InChI=1S/C24H23NO5/c1-15(29-14-16-7-6-8-17(11-16)27-2)24(26)25-20-13-22-19(12-23(20)28-3)18-9-4-5-10-21(18)30-22/h4-13,15H,14H2,1-3H3,(H,25,26). The van der Waals surface area contributed by atoms with E-state index in [9.17, 15) is 4.79 Å². The molecule has 6 nitrogen and oxygen atoms in total. The maximum atomic E-state index is 12.7. The van der Waals surface area contributed by atoms with Crippen LogP contribution in [0.15, 0.2) is 65.1 Å². The van der Waals surface area contributed by atoms with Crippen LogP contribution < -0.4 is 14.8 Å². The molecule has 0 spiro atoms. The van der Waals surface area contributed by atoms with Gasteiger partial charge in [0.1, 0.15) is 28.8 Å². The number of anilines is 1. The molecule has 1 heterocycles. The zero-order chi connectivity index (χ0) is 21.1. The van der Waals surface area contributed by atoms with E-state index in [1.165, 1.54) is 0 Å². The van der Waals surface area contributed by atoms with Gasteiger partial charge in [0.2, 0.25) is 0 Å². The number of hydrogen-bond donors (Lipinski definition) is 1. The molecule has 1 amide bonds. The monoisotopic (exact) mass is 405 g/mol. The van der Waals surface area contributed by atoms with Crippen LogP contribution in [0.5, 0.6) is 11.5 Å². The first-order valence-corrected chi connectivity index (χ1v) is 9.63. The van der Waals surface area contributed by atoms with Crippen LogP contribution in [0.4, 0.5) is 5.69 Å². The van der Waals surface area contributed by atoms with Crippen molar-refractivity contribution < 1.29 is 23.4 Å². The summed E-state index contributed by atoms with van der Waals surface area (Å²) in [6.07, 6.45) is -0.660. The molecular formula is C24H23NO5. The molecule has 0 aliphatic rings. The lowest BCUT2D eigenvalue weighted by Crippen LogP contribution is -2.27. The van der Waals surface area contributed by atoms with Gasteiger partial charge in [0, 0.05) is 16.8 Å². The summed E-state index contributed by atoms with van der Waals surface area (Å²) in [7, 11) is 3.18. The highest BCUT2D eigenvalue weighted by molar-refractivity contribution is 6.08. The van der Waals surface area contributed by atoms with E-state index in [-0.39, 0.29) is 5.91 Å². The van der Waals surface area contributed by atoms with Crippen molar-refractivity contribution in [1.29, 1.82) is 0 Å². The second kappa shape index (κ2) is 8.47. The van der Waals surface area contributed by atoms with Crippen molar-refractivity contribution in [3.63, 3.8) is 0 Å². The molecule has 0 bridgehead atoms. The summed E-state index contributed by atoms with van der Waals surface area (Å²) < 4.78 is 22.4. The first kappa shape index (κ1) is 19.8. The third-order valence-corrected chi connectivity index (χ3v) is 4.96. The second-order valence-corrected chi connectivity index (χ2v) is 6.94. The van der Waals surface area contributed by atoms with Gasteiger partial charge in [0.15, 0.2) is 0 Å². The number of carbonyl (C=O) groups excluding carboxylic acids is 1. The number of furan rings is 1. The topological polar surface area (TPSA) is 69.9 Å². The van der Waals surface area contributed by atoms with Gasteiger partial charge in [-0.1, -0.05) is 30.3 Å². The number of hydrogen-bond acceptors (Lipinski definition) is 5. The normalized spacial score (nSPS) is 12.1. The Morgan fingerprint density at radius 2 is 1.80 bits per heavy atom. The summed E-state index contributed by atoms with van der Waals surface area (Å²) in [4.78, 5) is 12.7. The van der Waals surface area contributed by atoms with Crippen LogP contribution in [-0.4, -0.2) is 26.2 Å². The molecule has 0 aliphatic carbocycles. The van der Waals surface area contributed by atoms with Gasteiger partial charge in [-0.25, -0.2) is 0 Å². The first-order valence-electron chi connectivity index (χ1n) is 9.63. The molecular weight excluding hydrogens is 382 g/mol. The number of methoxy groups -OCH3 is 2. The lowest BCUT2D eigenvalue weighted by atomic mass is 10.1. The molecule has 4 rings (SSSR count). The molecule has 1 N–H and O–H groups in total. The number of amides is 1. The Kier molecular flexibility index (Phi) is 5.59. The number of ether oxygens (including phenoxy) is 3. The SMILES string of the molecule is COc1cccc(COC(C)C(=O)Nc2cc3oc4ccccc4c3cc2OC)c1. The first-order chi connectivity index (χ1) is 14.6. The van der Waals surface area contributed by atoms with E-state index in [0.717, 1.165) is 27.7 Å². The predicted molar refractivity (Wildman–Crippen MR) is 116 cm³/mol. The highest BCUT2D eigenvalue weighted by Gasteiger charge is 2.18. The van der Waals surface area contributed by atoms with Gasteiger partial charge in [-0.3, -0.25) is 4.79 Å². The van der Waals surface area contributed by atoms with Gasteiger partial charge in [-0.15, -0.1) is 0 Å². The Morgan fingerprint density at radius 3 is 2.60 bits per heavy atom. The fourth-order valence-electron chi connectivity index (χ4n) is 3.31. The lowest BCUT2D eigenvalue weighted by Gasteiger charge is -2.15. The van der Waals surface area contributed by atoms with E-state index >= 15 is 0 Å². The van der Waals surface area contributed by atoms with Gasteiger partial charge >= 0.3 is 0 Å². The summed E-state index contributed by atoms with van der Waals surface area (Å²) in [5.74, 6) is 1.03. The number of nitrogens with one attached hydrogen (secondary N) is 1. The zero-order valence-corrected chi connectivity index (χ0v) is 17.1. The molecule has 0 saturated heterocycles. The van der Waals surface area contributed by atoms with Crippen LogP contribution in [0, 0.1) is 0 Å². The molecule has 0 fully saturated rings. The fraction of sp³-hybridized carbons (Fsp3) is 0.208. The van der Waals surface area contributed by atoms with Crippen molar-refractivity contribution in [2.45, 2.75) is 19.6 Å². The Morgan fingerprint density at radius 1 is 0.967 bits per heavy atom. The number of benzene rings is 3. The molecule has 6 heteroatoms. The molecule has 30 heavy (non-hydrogen) atoms. The van der Waals surface area contributed by atoms with E-state index in [1.54, 1.807) is 27.2 Å². The van der Waals surface area contributed by atoms with Crippen molar-refractivity contribution >= 4 is 33.5 Å². The predicted octanol–water partition coefficient (Wildman–Crippen LogP) is 5.15. The number of para-hydroxylation sites is 1. The molecule has 0 aliphatic heterocycles. The third kappa shape index (κ3) is 3.95. The average Bonchev–Trinajstić information content (AvgIpc) is 3.14. The minimum absolute atomic E-state index is 0.272. The molecule has 1 atom stereocenters. The smallest absolute Gasteiger partial charge is 0.253 e. The Bertz CT molecular complexity index is 1200. The molecule has 1 aromatic heterocycles. The molecule has 4 aromatic rings. The Hall–Kier alpha value is -3.51. The number of rotatable bonds is 7. The fourth-order valence-corrected chi connectivity index (χ4v) is 3.31. The molecule has 1 unspecified atom stereocenters. The average molecular weight is 405 g/mol.